The number of allylic oxidation sites excluding steroid dienone is 2. The number of hydrogen-bond acceptors (Lipinski definition) is 4. The normalized spacial score (nSPS) is 22.7. The number of ether oxygens (including phenoxy) is 1. The molecular formula is C23H27F3N2O4. The van der Waals surface area contributed by atoms with Gasteiger partial charge in [0.2, 0.25) is 17.7 Å². The highest BCUT2D eigenvalue weighted by Crippen LogP contribution is 2.37. The fourth-order valence-corrected chi connectivity index (χ4v) is 4.26. The van der Waals surface area contributed by atoms with Gasteiger partial charge in [-0.25, -0.2) is 0 Å². The summed E-state index contributed by atoms with van der Waals surface area (Å²) < 4.78 is 40.9. The van der Waals surface area contributed by atoms with E-state index in [0.29, 0.717) is 24.8 Å². The summed E-state index contributed by atoms with van der Waals surface area (Å²) >= 11 is 0. The van der Waals surface area contributed by atoms with Gasteiger partial charge in [0, 0.05) is 0 Å². The van der Waals surface area contributed by atoms with Gasteiger partial charge in [0.05, 0.1) is 17.9 Å². The van der Waals surface area contributed by atoms with Gasteiger partial charge in [-0.1, -0.05) is 38.1 Å². The highest BCUT2D eigenvalue weighted by Gasteiger charge is 2.51. The molecule has 0 saturated carbocycles. The summed E-state index contributed by atoms with van der Waals surface area (Å²) in [5.74, 6) is -2.24. The Morgan fingerprint density at radius 3 is 2.06 bits per heavy atom. The second kappa shape index (κ2) is 9.34. The molecule has 0 radical (unpaired) electrons. The van der Waals surface area contributed by atoms with Crippen molar-refractivity contribution < 1.29 is 32.3 Å². The topological polar surface area (TPSA) is 75.7 Å². The maximum atomic E-state index is 13.2. The molecule has 1 heterocycles. The first-order valence-electron chi connectivity index (χ1n) is 10.7. The van der Waals surface area contributed by atoms with E-state index in [-0.39, 0.29) is 23.5 Å². The summed E-state index contributed by atoms with van der Waals surface area (Å²) in [6.45, 7) is 5.49. The third kappa shape index (κ3) is 5.31. The summed E-state index contributed by atoms with van der Waals surface area (Å²) in [6, 6.07) is 3.71. The maximum absolute atomic E-state index is 13.2. The van der Waals surface area contributed by atoms with Crippen molar-refractivity contribution in [3.8, 4) is 5.75 Å². The average molecular weight is 452 g/mol. The summed E-state index contributed by atoms with van der Waals surface area (Å²) in [7, 11) is 0. The van der Waals surface area contributed by atoms with Crippen molar-refractivity contribution in [3.05, 3.63) is 42.0 Å². The summed E-state index contributed by atoms with van der Waals surface area (Å²) in [5.41, 5.74) is 0.563. The highest BCUT2D eigenvalue weighted by molar-refractivity contribution is 6.08. The molecule has 3 rings (SSSR count). The lowest BCUT2D eigenvalue weighted by Gasteiger charge is -2.28. The van der Waals surface area contributed by atoms with Crippen LogP contribution < -0.4 is 10.1 Å². The number of carbonyl (C=O) groups is 3. The highest BCUT2D eigenvalue weighted by atomic mass is 19.4. The van der Waals surface area contributed by atoms with E-state index in [2.05, 4.69) is 10.1 Å². The van der Waals surface area contributed by atoms with Crippen LogP contribution in [0.5, 0.6) is 5.75 Å². The Morgan fingerprint density at radius 1 is 1.06 bits per heavy atom. The third-order valence-corrected chi connectivity index (χ3v) is 5.82. The molecule has 6 nitrogen and oxygen atoms in total. The van der Waals surface area contributed by atoms with Crippen LogP contribution in [0.3, 0.4) is 0 Å². The number of hydrogen-bond donors (Lipinski definition) is 1. The van der Waals surface area contributed by atoms with E-state index in [0.717, 1.165) is 4.90 Å². The smallest absolute Gasteiger partial charge is 0.406 e. The molecule has 32 heavy (non-hydrogen) atoms. The van der Waals surface area contributed by atoms with Crippen LogP contribution in [-0.4, -0.2) is 35.0 Å². The van der Waals surface area contributed by atoms with E-state index in [9.17, 15) is 27.6 Å². The molecule has 0 bridgehead atoms. The Bertz CT molecular complexity index is 869. The number of halogens is 3. The van der Waals surface area contributed by atoms with Gasteiger partial charge >= 0.3 is 6.36 Å². The number of alkyl halides is 3. The van der Waals surface area contributed by atoms with Crippen LogP contribution in [-0.2, 0) is 14.4 Å². The van der Waals surface area contributed by atoms with Crippen LogP contribution in [0.25, 0.3) is 0 Å². The average Bonchev–Trinajstić information content (AvgIpc) is 2.96. The molecule has 3 amide bonds. The standard InChI is InChI=1S/C23H27F3N2O4/c1-13(2)12-19(28-21(30)17-6-4-5-7-18(17)22(28)31)20(29)27-14(3)15-8-10-16(11-9-15)32-23(24,25)26/h4-5,8-11,13-14,17-19H,6-7,12H2,1-3H3,(H,27,29). The van der Waals surface area contributed by atoms with E-state index >= 15 is 0 Å². The molecule has 1 aliphatic heterocycles. The van der Waals surface area contributed by atoms with E-state index in [1.165, 1.54) is 24.3 Å². The van der Waals surface area contributed by atoms with Crippen LogP contribution in [0.4, 0.5) is 13.2 Å². The van der Waals surface area contributed by atoms with Crippen molar-refractivity contribution in [1.82, 2.24) is 10.2 Å². The molecule has 4 atom stereocenters. The van der Waals surface area contributed by atoms with Crippen molar-refractivity contribution >= 4 is 17.7 Å². The molecule has 174 valence electrons. The Balaban J connectivity index is 1.74. The Hall–Kier alpha value is -2.84. The van der Waals surface area contributed by atoms with Crippen molar-refractivity contribution in [3.63, 3.8) is 0 Å². The fourth-order valence-electron chi connectivity index (χ4n) is 4.26. The summed E-state index contributed by atoms with van der Waals surface area (Å²) in [5, 5.41) is 2.80. The van der Waals surface area contributed by atoms with Crippen LogP contribution >= 0.6 is 0 Å². The van der Waals surface area contributed by atoms with E-state index in [4.69, 9.17) is 0 Å². The molecule has 1 fully saturated rings. The number of rotatable bonds is 7. The first kappa shape index (κ1) is 23.8. The zero-order valence-corrected chi connectivity index (χ0v) is 18.2. The Labute approximate surface area is 184 Å². The minimum atomic E-state index is -4.78. The molecule has 1 aromatic carbocycles. The van der Waals surface area contributed by atoms with Gasteiger partial charge in [-0.05, 0) is 49.8 Å². The van der Waals surface area contributed by atoms with Crippen molar-refractivity contribution in [2.24, 2.45) is 17.8 Å². The number of imide groups is 1. The predicted molar refractivity (Wildman–Crippen MR) is 110 cm³/mol. The largest absolute Gasteiger partial charge is 0.573 e. The second-order valence-electron chi connectivity index (χ2n) is 8.69. The second-order valence-corrected chi connectivity index (χ2v) is 8.69. The number of fused-ring (bicyclic) bond motifs is 1. The summed E-state index contributed by atoms with van der Waals surface area (Å²) in [6.07, 6.45) is 0.298. The van der Waals surface area contributed by atoms with Gasteiger partial charge in [-0.2, -0.15) is 0 Å². The van der Waals surface area contributed by atoms with Crippen LogP contribution in [0.1, 0.15) is 51.6 Å². The lowest BCUT2D eigenvalue weighted by molar-refractivity contribution is -0.274. The third-order valence-electron chi connectivity index (χ3n) is 5.82. The molecule has 1 aromatic rings. The van der Waals surface area contributed by atoms with E-state index in [1.54, 1.807) is 6.92 Å². The van der Waals surface area contributed by atoms with E-state index < -0.39 is 36.2 Å². The lowest BCUT2D eigenvalue weighted by Crippen LogP contribution is -2.51. The number of benzene rings is 1. The fraction of sp³-hybridized carbons (Fsp3) is 0.522. The number of amides is 3. The monoisotopic (exact) mass is 452 g/mol. The lowest BCUT2D eigenvalue weighted by atomic mass is 9.85. The molecule has 9 heteroatoms. The van der Waals surface area contributed by atoms with Gasteiger partial charge < -0.3 is 10.1 Å². The number of carbonyl (C=O) groups excluding carboxylic acids is 3. The number of nitrogens with one attached hydrogen (secondary N) is 1. The van der Waals surface area contributed by atoms with E-state index in [1.807, 2.05) is 26.0 Å². The molecule has 1 N–H and O–H groups in total. The van der Waals surface area contributed by atoms with Crippen LogP contribution in [0.15, 0.2) is 36.4 Å². The van der Waals surface area contributed by atoms with Crippen LogP contribution in [0.2, 0.25) is 0 Å². The Kier molecular flexibility index (Phi) is 6.95. The first-order valence-corrected chi connectivity index (χ1v) is 10.7. The van der Waals surface area contributed by atoms with Gasteiger partial charge in [-0.3, -0.25) is 19.3 Å². The molecule has 4 unspecified atom stereocenters. The SMILES string of the molecule is CC(C)CC(C(=O)NC(C)c1ccc(OC(F)(F)F)cc1)N1C(=O)C2CC=CCC2C1=O. The summed E-state index contributed by atoms with van der Waals surface area (Å²) in [4.78, 5) is 40.2. The van der Waals surface area contributed by atoms with Gasteiger partial charge in [0.25, 0.3) is 0 Å². The molecule has 0 spiro atoms. The Morgan fingerprint density at radius 2 is 1.59 bits per heavy atom. The van der Waals surface area contributed by atoms with Gasteiger partial charge in [-0.15, -0.1) is 13.2 Å². The van der Waals surface area contributed by atoms with Gasteiger partial charge in [0.15, 0.2) is 0 Å². The zero-order chi connectivity index (χ0) is 23.6. The maximum Gasteiger partial charge on any atom is 0.573 e. The molecular weight excluding hydrogens is 425 g/mol. The number of likely N-dealkylation sites (tertiary alicyclic amines) is 1. The molecule has 2 aliphatic rings. The van der Waals surface area contributed by atoms with Gasteiger partial charge in [0.1, 0.15) is 11.8 Å². The molecule has 0 aromatic heterocycles. The molecule has 1 saturated heterocycles. The van der Waals surface area contributed by atoms with Crippen molar-refractivity contribution in [2.75, 3.05) is 0 Å². The number of nitrogens with zero attached hydrogens (tertiary/aromatic N) is 1. The van der Waals surface area contributed by atoms with Crippen molar-refractivity contribution in [1.29, 1.82) is 0 Å². The van der Waals surface area contributed by atoms with Crippen LogP contribution in [0, 0.1) is 17.8 Å². The zero-order valence-electron chi connectivity index (χ0n) is 18.2. The van der Waals surface area contributed by atoms with Crippen molar-refractivity contribution in [2.45, 2.75) is 58.5 Å². The first-order chi connectivity index (χ1) is 15.0. The quantitative estimate of drug-likeness (QED) is 0.499. The predicted octanol–water partition coefficient (Wildman–Crippen LogP) is 4.13. The minimum absolute atomic E-state index is 0.0567. The molecule has 1 aliphatic carbocycles. The minimum Gasteiger partial charge on any atom is -0.406 e.